The molecule has 0 unspecified atom stereocenters. The first kappa shape index (κ1) is 9.67. The third-order valence-electron chi connectivity index (χ3n) is 2.48. The van der Waals surface area contributed by atoms with Gasteiger partial charge in [0.15, 0.2) is 0 Å². The van der Waals surface area contributed by atoms with Crippen molar-refractivity contribution in [1.82, 2.24) is 4.57 Å². The van der Waals surface area contributed by atoms with Crippen molar-refractivity contribution >= 4 is 16.6 Å². The molecule has 15 heavy (non-hydrogen) atoms. The molecule has 0 radical (unpaired) electrons. The second kappa shape index (κ2) is 3.36. The lowest BCUT2D eigenvalue weighted by Gasteiger charge is -2.01. The van der Waals surface area contributed by atoms with Crippen molar-refractivity contribution in [1.29, 1.82) is 0 Å². The van der Waals surface area contributed by atoms with Gasteiger partial charge in [-0.3, -0.25) is 10.1 Å². The molecule has 1 aromatic heterocycles. The molecule has 0 saturated carbocycles. The predicted octanol–water partition coefficient (Wildman–Crippen LogP) is 1.55. The van der Waals surface area contributed by atoms with Crippen LogP contribution < -0.4 is 5.73 Å². The Morgan fingerprint density at radius 2 is 2.27 bits per heavy atom. The predicted molar refractivity (Wildman–Crippen MR) is 57.5 cm³/mol. The highest BCUT2D eigenvalue weighted by molar-refractivity contribution is 5.91. The van der Waals surface area contributed by atoms with Crippen LogP contribution in [0.25, 0.3) is 10.9 Å². The van der Waals surface area contributed by atoms with Gasteiger partial charge >= 0.3 is 0 Å². The number of aromatic nitrogens is 1. The maximum absolute atomic E-state index is 10.8. The van der Waals surface area contributed by atoms with Gasteiger partial charge in [0, 0.05) is 13.6 Å². The van der Waals surface area contributed by atoms with Crippen molar-refractivity contribution in [2.45, 2.75) is 6.54 Å². The molecule has 2 rings (SSSR count). The molecule has 0 spiro atoms. The number of rotatable bonds is 2. The van der Waals surface area contributed by atoms with E-state index in [-0.39, 0.29) is 10.6 Å². The molecule has 0 atom stereocenters. The van der Waals surface area contributed by atoms with Crippen LogP contribution in [0.15, 0.2) is 24.4 Å². The first-order valence-corrected chi connectivity index (χ1v) is 4.56. The van der Waals surface area contributed by atoms with Crippen LogP contribution in [0.3, 0.4) is 0 Å². The van der Waals surface area contributed by atoms with E-state index < -0.39 is 0 Å². The summed E-state index contributed by atoms with van der Waals surface area (Å²) < 4.78 is 1.75. The average molecular weight is 205 g/mol. The fourth-order valence-corrected chi connectivity index (χ4v) is 1.84. The minimum Gasteiger partial charge on any atom is -0.344 e. The largest absolute Gasteiger partial charge is 0.344 e. The zero-order valence-corrected chi connectivity index (χ0v) is 8.30. The third-order valence-corrected chi connectivity index (χ3v) is 2.48. The highest BCUT2D eigenvalue weighted by Crippen LogP contribution is 2.29. The van der Waals surface area contributed by atoms with Crippen molar-refractivity contribution < 1.29 is 4.92 Å². The maximum Gasteiger partial charge on any atom is 0.294 e. The lowest BCUT2D eigenvalue weighted by Crippen LogP contribution is -1.99. The molecule has 78 valence electrons. The SMILES string of the molecule is Cn1cc([N+](=O)[O-])c2cccc(CN)c21. The molecule has 0 aliphatic carbocycles. The van der Waals surface area contributed by atoms with E-state index in [9.17, 15) is 10.1 Å². The topological polar surface area (TPSA) is 74.1 Å². The molecule has 2 aromatic rings. The van der Waals surface area contributed by atoms with E-state index in [1.54, 1.807) is 23.7 Å². The highest BCUT2D eigenvalue weighted by atomic mass is 16.6. The van der Waals surface area contributed by atoms with Crippen LogP contribution in [-0.4, -0.2) is 9.49 Å². The Kier molecular flexibility index (Phi) is 2.17. The van der Waals surface area contributed by atoms with Crippen LogP contribution in [0, 0.1) is 10.1 Å². The fourth-order valence-electron chi connectivity index (χ4n) is 1.84. The van der Waals surface area contributed by atoms with Crippen molar-refractivity contribution in [2.75, 3.05) is 0 Å². The zero-order chi connectivity index (χ0) is 11.0. The minimum absolute atomic E-state index is 0.128. The van der Waals surface area contributed by atoms with E-state index in [1.807, 2.05) is 6.07 Å². The summed E-state index contributed by atoms with van der Waals surface area (Å²) in [5, 5.41) is 11.4. The summed E-state index contributed by atoms with van der Waals surface area (Å²) in [6.45, 7) is 0.381. The van der Waals surface area contributed by atoms with Gasteiger partial charge < -0.3 is 10.3 Å². The van der Waals surface area contributed by atoms with Gasteiger partial charge in [0.2, 0.25) is 0 Å². The van der Waals surface area contributed by atoms with E-state index >= 15 is 0 Å². The number of nitrogens with zero attached hydrogens (tertiary/aromatic N) is 2. The van der Waals surface area contributed by atoms with Gasteiger partial charge in [-0.15, -0.1) is 0 Å². The summed E-state index contributed by atoms with van der Waals surface area (Å²) in [4.78, 5) is 10.4. The number of benzene rings is 1. The molecule has 1 aromatic carbocycles. The van der Waals surface area contributed by atoms with Crippen molar-refractivity contribution in [3.8, 4) is 0 Å². The van der Waals surface area contributed by atoms with Crippen LogP contribution in [0.2, 0.25) is 0 Å². The van der Waals surface area contributed by atoms with Gasteiger partial charge in [-0.25, -0.2) is 0 Å². The van der Waals surface area contributed by atoms with Crippen LogP contribution >= 0.6 is 0 Å². The molecule has 0 amide bonds. The number of nitrogens with two attached hydrogens (primary N) is 1. The monoisotopic (exact) mass is 205 g/mol. The summed E-state index contributed by atoms with van der Waals surface area (Å²) in [5.74, 6) is 0. The Bertz CT molecular complexity index is 531. The van der Waals surface area contributed by atoms with Gasteiger partial charge in [0.1, 0.15) is 0 Å². The Morgan fingerprint density at radius 3 is 2.87 bits per heavy atom. The number of hydrogen-bond acceptors (Lipinski definition) is 3. The van der Waals surface area contributed by atoms with Gasteiger partial charge in [-0.05, 0) is 11.6 Å². The molecule has 2 N–H and O–H groups in total. The lowest BCUT2D eigenvalue weighted by molar-refractivity contribution is -0.383. The Hall–Kier alpha value is -1.88. The molecule has 5 nitrogen and oxygen atoms in total. The summed E-state index contributed by atoms with van der Waals surface area (Å²) >= 11 is 0. The molecule has 0 saturated heterocycles. The molecule has 5 heteroatoms. The van der Waals surface area contributed by atoms with E-state index in [1.165, 1.54) is 6.20 Å². The molecule has 1 heterocycles. The zero-order valence-electron chi connectivity index (χ0n) is 8.30. The van der Waals surface area contributed by atoms with E-state index in [0.717, 1.165) is 11.1 Å². The van der Waals surface area contributed by atoms with Gasteiger partial charge in [-0.2, -0.15) is 0 Å². The minimum atomic E-state index is -0.372. The molecular weight excluding hydrogens is 194 g/mol. The summed E-state index contributed by atoms with van der Waals surface area (Å²) in [6.07, 6.45) is 1.52. The van der Waals surface area contributed by atoms with Crippen LogP contribution in [0.1, 0.15) is 5.56 Å². The normalized spacial score (nSPS) is 10.8. The van der Waals surface area contributed by atoms with Crippen LogP contribution in [-0.2, 0) is 13.6 Å². The fraction of sp³-hybridized carbons (Fsp3) is 0.200. The molecule has 0 bridgehead atoms. The number of nitro groups is 1. The maximum atomic E-state index is 10.8. The van der Waals surface area contributed by atoms with Gasteiger partial charge in [-0.1, -0.05) is 12.1 Å². The standard InChI is InChI=1S/C10H11N3O2/c1-12-6-9(13(14)15)8-4-2-3-7(5-11)10(8)12/h2-4,6H,5,11H2,1H3. The second-order valence-electron chi connectivity index (χ2n) is 3.40. The van der Waals surface area contributed by atoms with Gasteiger partial charge in [0.25, 0.3) is 5.69 Å². The highest BCUT2D eigenvalue weighted by Gasteiger charge is 2.17. The summed E-state index contributed by atoms with van der Waals surface area (Å²) in [5.41, 5.74) is 7.47. The summed E-state index contributed by atoms with van der Waals surface area (Å²) in [7, 11) is 1.79. The first-order valence-electron chi connectivity index (χ1n) is 4.56. The Balaban J connectivity index is 2.85. The number of hydrogen-bond donors (Lipinski definition) is 1. The lowest BCUT2D eigenvalue weighted by atomic mass is 10.1. The van der Waals surface area contributed by atoms with E-state index in [2.05, 4.69) is 0 Å². The van der Waals surface area contributed by atoms with Crippen molar-refractivity contribution in [3.63, 3.8) is 0 Å². The number of aryl methyl sites for hydroxylation is 1. The van der Waals surface area contributed by atoms with Crippen molar-refractivity contribution in [2.24, 2.45) is 12.8 Å². The van der Waals surface area contributed by atoms with E-state index in [4.69, 9.17) is 5.73 Å². The summed E-state index contributed by atoms with van der Waals surface area (Å²) in [6, 6.07) is 5.41. The quantitative estimate of drug-likeness (QED) is 0.597. The first-order chi connectivity index (χ1) is 7.15. The van der Waals surface area contributed by atoms with Gasteiger partial charge in [0.05, 0.1) is 22.0 Å². The van der Waals surface area contributed by atoms with Crippen LogP contribution in [0.4, 0.5) is 5.69 Å². The van der Waals surface area contributed by atoms with Crippen LogP contribution in [0.5, 0.6) is 0 Å². The molecular formula is C10H11N3O2. The Morgan fingerprint density at radius 1 is 1.53 bits per heavy atom. The molecule has 0 fully saturated rings. The second-order valence-corrected chi connectivity index (χ2v) is 3.40. The van der Waals surface area contributed by atoms with Crippen molar-refractivity contribution in [3.05, 3.63) is 40.1 Å². The molecule has 0 aliphatic heterocycles. The number of para-hydroxylation sites is 1. The number of fused-ring (bicyclic) bond motifs is 1. The smallest absolute Gasteiger partial charge is 0.294 e. The third kappa shape index (κ3) is 1.37. The molecule has 0 aliphatic rings. The van der Waals surface area contributed by atoms with E-state index in [0.29, 0.717) is 11.9 Å². The average Bonchev–Trinajstić information content (AvgIpc) is 2.56. The Labute approximate surface area is 86.3 Å².